The Hall–Kier alpha value is -4.08. The van der Waals surface area contributed by atoms with Crippen molar-refractivity contribution >= 4 is 39.6 Å². The first-order chi connectivity index (χ1) is 19.0. The summed E-state index contributed by atoms with van der Waals surface area (Å²) in [6.45, 7) is 0.0535. The summed E-state index contributed by atoms with van der Waals surface area (Å²) in [6, 6.07) is 31.6. The number of ether oxygens (including phenoxy) is 1. The SMILES string of the molecule is O=C(N/N=C\c1cccc(OC2CSC2)c1)c1ccccc1N(Cc1ccccc1)S(=O)(=O)c1ccccc1. The van der Waals surface area contributed by atoms with Gasteiger partial charge in [0, 0.05) is 11.5 Å². The molecule has 1 saturated heterocycles. The average molecular weight is 558 g/mol. The Kier molecular flexibility index (Phi) is 8.29. The minimum atomic E-state index is -3.98. The molecule has 1 N–H and O–H groups in total. The van der Waals surface area contributed by atoms with E-state index >= 15 is 0 Å². The Morgan fingerprint density at radius 1 is 0.923 bits per heavy atom. The number of amides is 1. The Morgan fingerprint density at radius 3 is 2.33 bits per heavy atom. The first-order valence-electron chi connectivity index (χ1n) is 12.4. The highest BCUT2D eigenvalue weighted by Gasteiger charge is 2.28. The highest BCUT2D eigenvalue weighted by atomic mass is 32.2. The predicted molar refractivity (Wildman–Crippen MR) is 156 cm³/mol. The lowest BCUT2D eigenvalue weighted by Crippen LogP contribution is -2.33. The molecule has 1 fully saturated rings. The van der Waals surface area contributed by atoms with Gasteiger partial charge >= 0.3 is 0 Å². The molecule has 1 aliphatic rings. The minimum absolute atomic E-state index is 0.0535. The number of hydrazone groups is 1. The van der Waals surface area contributed by atoms with Crippen molar-refractivity contribution in [3.05, 3.63) is 126 Å². The zero-order valence-corrected chi connectivity index (χ0v) is 22.6. The number of carbonyl (C=O) groups is 1. The van der Waals surface area contributed by atoms with E-state index in [-0.39, 0.29) is 28.8 Å². The van der Waals surface area contributed by atoms with Crippen LogP contribution in [0.1, 0.15) is 21.5 Å². The minimum Gasteiger partial charge on any atom is -0.489 e. The number of thioether (sulfide) groups is 1. The van der Waals surface area contributed by atoms with Gasteiger partial charge in [-0.1, -0.05) is 72.8 Å². The molecule has 9 heteroatoms. The first-order valence-corrected chi connectivity index (χ1v) is 15.0. The summed E-state index contributed by atoms with van der Waals surface area (Å²) in [7, 11) is -3.98. The number of carbonyl (C=O) groups excluding carboxylic acids is 1. The number of para-hydroxylation sites is 1. The molecule has 0 unspecified atom stereocenters. The van der Waals surface area contributed by atoms with E-state index in [1.165, 1.54) is 10.5 Å². The summed E-state index contributed by atoms with van der Waals surface area (Å²) >= 11 is 1.85. The lowest BCUT2D eigenvalue weighted by Gasteiger charge is -2.26. The van der Waals surface area contributed by atoms with Crippen molar-refractivity contribution in [1.82, 2.24) is 5.43 Å². The van der Waals surface area contributed by atoms with Crippen molar-refractivity contribution < 1.29 is 17.9 Å². The zero-order chi connectivity index (χ0) is 27.1. The topological polar surface area (TPSA) is 88.1 Å². The molecular weight excluding hydrogens is 530 g/mol. The van der Waals surface area contributed by atoms with Gasteiger partial charge in [0.05, 0.1) is 28.9 Å². The summed E-state index contributed by atoms with van der Waals surface area (Å²) in [5.41, 5.74) is 4.54. The van der Waals surface area contributed by atoms with Crippen LogP contribution in [-0.2, 0) is 16.6 Å². The number of rotatable bonds is 10. The summed E-state index contributed by atoms with van der Waals surface area (Å²) in [5.74, 6) is 2.19. The van der Waals surface area contributed by atoms with Crippen molar-refractivity contribution in [3.63, 3.8) is 0 Å². The van der Waals surface area contributed by atoms with E-state index in [1.54, 1.807) is 54.6 Å². The fourth-order valence-electron chi connectivity index (χ4n) is 4.02. The van der Waals surface area contributed by atoms with Gasteiger partial charge in [0.15, 0.2) is 0 Å². The van der Waals surface area contributed by atoms with Gasteiger partial charge in [0.25, 0.3) is 15.9 Å². The number of hydrogen-bond donors (Lipinski definition) is 1. The predicted octanol–water partition coefficient (Wildman–Crippen LogP) is 5.34. The van der Waals surface area contributed by atoms with Gasteiger partial charge in [-0.15, -0.1) is 0 Å². The molecular formula is C30H27N3O4S2. The molecule has 0 atom stereocenters. The van der Waals surface area contributed by atoms with E-state index in [0.29, 0.717) is 0 Å². The maximum absolute atomic E-state index is 13.8. The molecule has 4 aromatic carbocycles. The molecule has 0 radical (unpaired) electrons. The second-order valence-corrected chi connectivity index (χ2v) is 11.8. The molecule has 0 spiro atoms. The van der Waals surface area contributed by atoms with Gasteiger partial charge in [0.2, 0.25) is 0 Å². The number of benzene rings is 4. The normalized spacial score (nSPS) is 13.5. The molecule has 39 heavy (non-hydrogen) atoms. The number of nitrogens with one attached hydrogen (secondary N) is 1. The number of sulfonamides is 1. The molecule has 1 heterocycles. The number of hydrogen-bond acceptors (Lipinski definition) is 6. The van der Waals surface area contributed by atoms with Crippen LogP contribution in [0.15, 0.2) is 119 Å². The monoisotopic (exact) mass is 557 g/mol. The van der Waals surface area contributed by atoms with Crippen LogP contribution >= 0.6 is 11.8 Å². The van der Waals surface area contributed by atoms with Crippen LogP contribution in [0.5, 0.6) is 5.75 Å². The molecule has 1 aliphatic heterocycles. The van der Waals surface area contributed by atoms with Crippen molar-refractivity contribution in [2.24, 2.45) is 5.10 Å². The second-order valence-electron chi connectivity index (χ2n) is 8.88. The smallest absolute Gasteiger partial charge is 0.273 e. The third-order valence-corrected chi connectivity index (χ3v) is 9.05. The van der Waals surface area contributed by atoms with Crippen molar-refractivity contribution in [3.8, 4) is 5.75 Å². The molecule has 0 aliphatic carbocycles. The largest absolute Gasteiger partial charge is 0.489 e. The van der Waals surface area contributed by atoms with Crippen molar-refractivity contribution in [2.45, 2.75) is 17.5 Å². The van der Waals surface area contributed by atoms with Crippen LogP contribution in [0.4, 0.5) is 5.69 Å². The zero-order valence-electron chi connectivity index (χ0n) is 21.0. The fourth-order valence-corrected chi connectivity index (χ4v) is 6.08. The molecule has 5 rings (SSSR count). The quantitative estimate of drug-likeness (QED) is 0.210. The first kappa shape index (κ1) is 26.5. The van der Waals surface area contributed by atoms with E-state index in [9.17, 15) is 13.2 Å². The maximum atomic E-state index is 13.8. The van der Waals surface area contributed by atoms with Crippen LogP contribution in [-0.4, -0.2) is 38.1 Å². The summed E-state index contributed by atoms with van der Waals surface area (Å²) < 4.78 is 34.8. The highest BCUT2D eigenvalue weighted by molar-refractivity contribution is 8.00. The molecule has 198 valence electrons. The molecule has 0 saturated carbocycles. The second kappa shape index (κ2) is 12.2. The van der Waals surface area contributed by atoms with Gasteiger partial charge in [-0.25, -0.2) is 13.8 Å². The highest BCUT2D eigenvalue weighted by Crippen LogP contribution is 2.29. The van der Waals surface area contributed by atoms with E-state index in [4.69, 9.17) is 4.74 Å². The van der Waals surface area contributed by atoms with Crippen LogP contribution in [0.3, 0.4) is 0 Å². The van der Waals surface area contributed by atoms with E-state index in [2.05, 4.69) is 10.5 Å². The molecule has 0 aromatic heterocycles. The van der Waals surface area contributed by atoms with Gasteiger partial charge in [0.1, 0.15) is 11.9 Å². The lowest BCUT2D eigenvalue weighted by molar-refractivity contribution is 0.0955. The third-order valence-electron chi connectivity index (χ3n) is 6.07. The lowest BCUT2D eigenvalue weighted by atomic mass is 10.1. The Bertz CT molecular complexity index is 1560. The molecule has 1 amide bonds. The average Bonchev–Trinajstić information content (AvgIpc) is 2.95. The van der Waals surface area contributed by atoms with Gasteiger partial charge in [-0.3, -0.25) is 9.10 Å². The Labute approximate surface area is 232 Å². The van der Waals surface area contributed by atoms with Crippen LogP contribution in [0, 0.1) is 0 Å². The van der Waals surface area contributed by atoms with Crippen molar-refractivity contribution in [2.75, 3.05) is 15.8 Å². The van der Waals surface area contributed by atoms with Gasteiger partial charge < -0.3 is 4.74 Å². The van der Waals surface area contributed by atoms with Gasteiger partial charge in [-0.05, 0) is 47.5 Å². The van der Waals surface area contributed by atoms with Crippen LogP contribution < -0.4 is 14.5 Å². The third kappa shape index (κ3) is 6.50. The Morgan fingerprint density at radius 2 is 1.62 bits per heavy atom. The van der Waals surface area contributed by atoms with Crippen LogP contribution in [0.25, 0.3) is 0 Å². The van der Waals surface area contributed by atoms with Crippen molar-refractivity contribution in [1.29, 1.82) is 0 Å². The van der Waals surface area contributed by atoms with Crippen LogP contribution in [0.2, 0.25) is 0 Å². The number of anilines is 1. The van der Waals surface area contributed by atoms with E-state index < -0.39 is 15.9 Å². The fraction of sp³-hybridized carbons (Fsp3) is 0.133. The molecule has 7 nitrogen and oxygen atoms in total. The Balaban J connectivity index is 1.40. The summed E-state index contributed by atoms with van der Waals surface area (Å²) in [6.07, 6.45) is 1.76. The van der Waals surface area contributed by atoms with E-state index in [1.807, 2.05) is 66.4 Å². The molecule has 0 bridgehead atoms. The molecule has 4 aromatic rings. The summed E-state index contributed by atoms with van der Waals surface area (Å²) in [5, 5.41) is 4.12. The van der Waals surface area contributed by atoms with Gasteiger partial charge in [-0.2, -0.15) is 16.9 Å². The maximum Gasteiger partial charge on any atom is 0.273 e. The summed E-state index contributed by atoms with van der Waals surface area (Å²) in [4.78, 5) is 13.4. The van der Waals surface area contributed by atoms with E-state index in [0.717, 1.165) is 28.4 Å². The number of nitrogens with zero attached hydrogens (tertiary/aromatic N) is 2. The standard InChI is InChI=1S/C30H27N3O4S2/c34-30(32-31-19-24-12-9-13-25(18-24)37-26-21-38-22-26)28-16-7-8-17-29(28)33(20-23-10-3-1-4-11-23)39(35,36)27-14-5-2-6-15-27/h1-19,26H,20-22H2,(H,32,34)/b31-19-.